The molecule has 1 amide bonds. The second-order valence-electron chi connectivity index (χ2n) is 15.3. The lowest BCUT2D eigenvalue weighted by Gasteiger charge is -2.44. The van der Waals surface area contributed by atoms with Crippen LogP contribution in [0.25, 0.3) is 11.2 Å². The van der Waals surface area contributed by atoms with Gasteiger partial charge in [0.15, 0.2) is 29.0 Å². The molecule has 2 aromatic heterocycles. The van der Waals surface area contributed by atoms with Crippen LogP contribution in [0.4, 0.5) is 16.4 Å². The van der Waals surface area contributed by atoms with Gasteiger partial charge in [0, 0.05) is 44.1 Å². The summed E-state index contributed by atoms with van der Waals surface area (Å²) in [4.78, 5) is 28.9. The van der Waals surface area contributed by atoms with Gasteiger partial charge in [0.05, 0.1) is 11.7 Å². The molecule has 10 heteroatoms. The highest BCUT2D eigenvalue weighted by atomic mass is 16.6. The summed E-state index contributed by atoms with van der Waals surface area (Å²) < 4.78 is 14.1. The van der Waals surface area contributed by atoms with Crippen molar-refractivity contribution in [2.45, 2.75) is 115 Å². The van der Waals surface area contributed by atoms with Crippen LogP contribution >= 0.6 is 0 Å². The smallest absolute Gasteiger partial charge is 0.408 e. The Bertz CT molecular complexity index is 1590. The van der Waals surface area contributed by atoms with Gasteiger partial charge in [-0.3, -0.25) is 0 Å². The number of carbonyl (C=O) groups excluding carboxylic acids is 1. The maximum Gasteiger partial charge on any atom is 0.408 e. The third kappa shape index (κ3) is 5.60. The lowest BCUT2D eigenvalue weighted by molar-refractivity contribution is -0.0369. The number of carbonyl (C=O) groups is 1. The van der Waals surface area contributed by atoms with Crippen molar-refractivity contribution in [2.75, 3.05) is 42.6 Å². The molecule has 10 nitrogen and oxygen atoms in total. The fourth-order valence-corrected chi connectivity index (χ4v) is 8.31. The molecule has 1 unspecified atom stereocenters. The molecule has 1 aromatic carbocycles. The zero-order valence-corrected chi connectivity index (χ0v) is 27.8. The molecule has 5 aliphatic rings. The van der Waals surface area contributed by atoms with E-state index in [0.29, 0.717) is 5.92 Å². The van der Waals surface area contributed by atoms with Crippen molar-refractivity contribution in [2.24, 2.45) is 5.41 Å². The van der Waals surface area contributed by atoms with Crippen LogP contribution in [-0.4, -0.2) is 64.2 Å². The molecule has 2 aliphatic carbocycles. The van der Waals surface area contributed by atoms with Crippen molar-refractivity contribution in [1.82, 2.24) is 25.1 Å². The number of benzene rings is 1. The summed E-state index contributed by atoms with van der Waals surface area (Å²) in [5, 5.41) is 8.52. The van der Waals surface area contributed by atoms with E-state index in [4.69, 9.17) is 24.5 Å². The summed E-state index contributed by atoms with van der Waals surface area (Å²) in [6.45, 7) is 10.3. The van der Waals surface area contributed by atoms with Gasteiger partial charge in [0.25, 0.3) is 0 Å². The van der Waals surface area contributed by atoms with Crippen molar-refractivity contribution >= 4 is 28.9 Å². The average molecular weight is 628 g/mol. The molecule has 246 valence electrons. The minimum Gasteiger partial charge on any atom is -0.444 e. The second kappa shape index (κ2) is 11.7. The molecular formula is C36H49N7O3. The van der Waals surface area contributed by atoms with Gasteiger partial charge in [-0.15, -0.1) is 5.10 Å². The number of fused-ring (bicyclic) bond motifs is 2. The fraction of sp³-hybridized carbons (Fsp3) is 0.667. The molecular weight excluding hydrogens is 578 g/mol. The normalized spacial score (nSPS) is 24.8. The quantitative estimate of drug-likeness (QED) is 0.330. The highest BCUT2D eigenvalue weighted by molar-refractivity contribution is 5.86. The molecule has 2 atom stereocenters. The van der Waals surface area contributed by atoms with Crippen LogP contribution < -0.4 is 15.1 Å². The van der Waals surface area contributed by atoms with Crippen LogP contribution in [0.5, 0.6) is 0 Å². The predicted octanol–water partition coefficient (Wildman–Crippen LogP) is 6.80. The monoisotopic (exact) mass is 627 g/mol. The lowest BCUT2D eigenvalue weighted by Crippen LogP contribution is -2.48. The van der Waals surface area contributed by atoms with Gasteiger partial charge in [-0.2, -0.15) is 0 Å². The maximum absolute atomic E-state index is 13.1. The Morgan fingerprint density at radius 1 is 0.935 bits per heavy atom. The number of ether oxygens (including phenoxy) is 2. The summed E-state index contributed by atoms with van der Waals surface area (Å²) in [7, 11) is 0. The molecule has 0 radical (unpaired) electrons. The molecule has 3 aromatic rings. The summed E-state index contributed by atoms with van der Waals surface area (Å²) >= 11 is 0. The molecule has 1 saturated carbocycles. The van der Waals surface area contributed by atoms with Crippen LogP contribution in [0.15, 0.2) is 24.3 Å². The van der Waals surface area contributed by atoms with Crippen LogP contribution in [0.3, 0.4) is 0 Å². The predicted molar refractivity (Wildman–Crippen MR) is 178 cm³/mol. The lowest BCUT2D eigenvalue weighted by atomic mass is 9.72. The molecule has 0 bridgehead atoms. The van der Waals surface area contributed by atoms with Crippen molar-refractivity contribution in [3.8, 4) is 0 Å². The summed E-state index contributed by atoms with van der Waals surface area (Å²) in [5.41, 5.74) is 4.91. The number of aromatic nitrogens is 4. The van der Waals surface area contributed by atoms with Crippen molar-refractivity contribution in [3.05, 3.63) is 41.1 Å². The van der Waals surface area contributed by atoms with Gasteiger partial charge in [0.1, 0.15) is 5.60 Å². The zero-order valence-electron chi connectivity index (χ0n) is 27.8. The van der Waals surface area contributed by atoms with Crippen LogP contribution in [0.2, 0.25) is 0 Å². The SMILES string of the molecule is CC(C)(C)OC(=O)N[C@@H]1c2ccccc2CC12CCN(c1nc3c(nc1C1CC1)c(N1CCCCC1)nn3C1CCCCO1)CC2. The number of alkyl carbamates (subject to hydrolysis) is 1. The highest BCUT2D eigenvalue weighted by Gasteiger charge is 2.49. The third-order valence-electron chi connectivity index (χ3n) is 10.8. The Morgan fingerprint density at radius 2 is 1.70 bits per heavy atom. The summed E-state index contributed by atoms with van der Waals surface area (Å²) in [6.07, 6.45) is 11.6. The third-order valence-corrected chi connectivity index (χ3v) is 10.8. The van der Waals surface area contributed by atoms with E-state index in [2.05, 4.69) is 44.1 Å². The number of hydrogen-bond acceptors (Lipinski definition) is 8. The van der Waals surface area contributed by atoms with E-state index in [0.717, 1.165) is 99.8 Å². The minimum atomic E-state index is -0.543. The average Bonchev–Trinajstić information content (AvgIpc) is 3.78. The first kappa shape index (κ1) is 30.0. The first-order valence-corrected chi connectivity index (χ1v) is 17.8. The van der Waals surface area contributed by atoms with Gasteiger partial charge >= 0.3 is 6.09 Å². The van der Waals surface area contributed by atoms with E-state index < -0.39 is 5.60 Å². The van der Waals surface area contributed by atoms with Gasteiger partial charge in [0.2, 0.25) is 0 Å². The van der Waals surface area contributed by atoms with Crippen LogP contribution in [0, 0.1) is 5.41 Å². The minimum absolute atomic E-state index is 0.0620. The van der Waals surface area contributed by atoms with E-state index in [1.54, 1.807) is 0 Å². The second-order valence-corrected chi connectivity index (χ2v) is 15.3. The Kier molecular flexibility index (Phi) is 7.61. The van der Waals surface area contributed by atoms with Gasteiger partial charge in [-0.05, 0) is 103 Å². The molecule has 5 heterocycles. The standard InChI is InChI=1S/C36H49N7O3/c1-35(2,3)46-34(44)38-30-26-12-6-5-11-25(26)23-36(30)16-20-42(21-17-36)31-28(24-14-15-24)37-29-32(39-31)43(27-13-7-10-22-45-27)40-33(29)41-18-8-4-9-19-41/h5-6,11-12,24,27,30H,4,7-10,13-23H2,1-3H3,(H,38,44)/t27?,30-/m1/s1. The van der Waals surface area contributed by atoms with Crippen LogP contribution in [-0.2, 0) is 15.9 Å². The number of nitrogens with one attached hydrogen (secondary N) is 1. The number of amides is 1. The Hall–Kier alpha value is -3.40. The zero-order chi connectivity index (χ0) is 31.5. The molecule has 46 heavy (non-hydrogen) atoms. The molecule has 8 rings (SSSR count). The number of rotatable bonds is 5. The molecule has 1 N–H and O–H groups in total. The maximum atomic E-state index is 13.1. The van der Waals surface area contributed by atoms with Crippen molar-refractivity contribution < 1.29 is 14.3 Å². The summed E-state index contributed by atoms with van der Waals surface area (Å²) in [5.74, 6) is 2.48. The molecule has 4 fully saturated rings. The number of anilines is 2. The van der Waals surface area contributed by atoms with Crippen molar-refractivity contribution in [1.29, 1.82) is 0 Å². The Balaban J connectivity index is 1.12. The first-order chi connectivity index (χ1) is 22.3. The number of piperidine rings is 2. The number of hydrogen-bond donors (Lipinski definition) is 1. The summed E-state index contributed by atoms with van der Waals surface area (Å²) in [6, 6.07) is 8.52. The Labute approximate surface area is 272 Å². The van der Waals surface area contributed by atoms with E-state index in [-0.39, 0.29) is 23.8 Å². The highest BCUT2D eigenvalue weighted by Crippen LogP contribution is 2.53. The largest absolute Gasteiger partial charge is 0.444 e. The van der Waals surface area contributed by atoms with Gasteiger partial charge in [-0.25, -0.2) is 19.4 Å². The Morgan fingerprint density at radius 3 is 2.41 bits per heavy atom. The van der Waals surface area contributed by atoms with E-state index in [1.807, 2.05) is 20.8 Å². The van der Waals surface area contributed by atoms with Gasteiger partial charge < -0.3 is 24.6 Å². The van der Waals surface area contributed by atoms with Gasteiger partial charge in [-0.1, -0.05) is 24.3 Å². The first-order valence-electron chi connectivity index (χ1n) is 17.8. The van der Waals surface area contributed by atoms with E-state index in [9.17, 15) is 4.79 Å². The van der Waals surface area contributed by atoms with Crippen molar-refractivity contribution in [3.63, 3.8) is 0 Å². The van der Waals surface area contributed by atoms with E-state index >= 15 is 0 Å². The number of nitrogens with zero attached hydrogens (tertiary/aromatic N) is 6. The molecule has 3 aliphatic heterocycles. The molecule has 3 saturated heterocycles. The fourth-order valence-electron chi connectivity index (χ4n) is 8.31. The van der Waals surface area contributed by atoms with E-state index in [1.165, 1.54) is 43.2 Å². The molecule has 1 spiro atoms. The van der Waals surface area contributed by atoms with Crippen LogP contribution in [0.1, 0.15) is 120 Å². The topological polar surface area (TPSA) is 97.6 Å².